The lowest BCUT2D eigenvalue weighted by Gasteiger charge is -2.35. The summed E-state index contributed by atoms with van der Waals surface area (Å²) < 4.78 is 0. The van der Waals surface area contributed by atoms with Crippen molar-refractivity contribution in [3.63, 3.8) is 0 Å². The largest absolute Gasteiger partial charge is 0.394 e. The Morgan fingerprint density at radius 1 is 0.523 bits per heavy atom. The number of aliphatic hydroxyl groups is 4. The first-order valence-corrected chi connectivity index (χ1v) is 29.9. The van der Waals surface area contributed by atoms with E-state index in [0.29, 0.717) is 6.42 Å². The van der Waals surface area contributed by atoms with E-state index < -0.39 is 175 Å². The lowest BCUT2D eigenvalue weighted by atomic mass is 9.95. The average molecular weight is 1230 g/mol. The molecule has 16 N–H and O–H groups in total. The molecule has 86 heavy (non-hydrogen) atoms. The second kappa shape index (κ2) is 35.9. The number of likely N-dealkylation sites (tertiary alicyclic amines) is 1. The third kappa shape index (κ3) is 25.4. The van der Waals surface area contributed by atoms with Crippen molar-refractivity contribution in [2.75, 3.05) is 26.4 Å². The molecule has 0 bridgehead atoms. The van der Waals surface area contributed by atoms with Gasteiger partial charge in [-0.1, -0.05) is 90.0 Å². The Bertz CT molecular complexity index is 2330. The molecule has 0 radical (unpaired) electrons. The van der Waals surface area contributed by atoms with Crippen LogP contribution < -0.4 is 58.9 Å². The molecular weight excluding hydrogens is 1120 g/mol. The zero-order chi connectivity index (χ0) is 66.3. The SMILES string of the molecule is CC[C@@](C)(NC(=O)CC(C)C)C(=O)N[C@@H](CO)C(=O)N[C@H](C(=O)N[C@H](C(=O)NC(C)(C)C(=O)N1C[C@@H](O)C[C@@H]1C(=O)N[C@@H](CC(C)C)C(=O)N[C@@H](CC(C)C)C(=O)N[C@@H](CCC(N)=O)C(=O)N[C@@H](CO)C(=O)NC(CO)CC(C)C)C(C)C)C(C)C. The second-order valence-electron chi connectivity index (χ2n) is 25.7. The van der Waals surface area contributed by atoms with Crippen LogP contribution in [0.5, 0.6) is 0 Å². The first kappa shape index (κ1) is 77.5. The number of primary amides is 1. The minimum absolute atomic E-state index is 0.00360. The molecule has 1 unspecified atom stereocenters. The lowest BCUT2D eigenvalue weighted by molar-refractivity contribution is -0.146. The maximum atomic E-state index is 14.5. The normalized spacial score (nSPS) is 17.9. The number of hydrogen-bond acceptors (Lipinski definition) is 16. The molecule has 1 aliphatic heterocycles. The number of nitrogens with zero attached hydrogens (tertiary/aromatic N) is 1. The van der Waals surface area contributed by atoms with E-state index in [9.17, 15) is 78.0 Å². The van der Waals surface area contributed by atoms with Gasteiger partial charge in [0.05, 0.1) is 32.0 Å². The van der Waals surface area contributed by atoms with Gasteiger partial charge >= 0.3 is 0 Å². The van der Waals surface area contributed by atoms with Gasteiger partial charge in [-0.15, -0.1) is 0 Å². The van der Waals surface area contributed by atoms with Crippen molar-refractivity contribution < 1.29 is 78.0 Å². The molecular formula is C58H104N12O16. The predicted octanol–water partition coefficient (Wildman–Crippen LogP) is -2.25. The van der Waals surface area contributed by atoms with Crippen LogP contribution in [0, 0.1) is 35.5 Å². The number of hydrogen-bond donors (Lipinski definition) is 15. The molecule has 492 valence electrons. The van der Waals surface area contributed by atoms with Crippen LogP contribution >= 0.6 is 0 Å². The summed E-state index contributed by atoms with van der Waals surface area (Å²) in [4.78, 5) is 164. The van der Waals surface area contributed by atoms with E-state index in [1.165, 1.54) is 20.8 Å². The van der Waals surface area contributed by atoms with Gasteiger partial charge in [0.15, 0.2) is 0 Å². The van der Waals surface area contributed by atoms with Crippen LogP contribution in [0.2, 0.25) is 0 Å². The number of carbonyl (C=O) groups excluding carboxylic acids is 12. The zero-order valence-electron chi connectivity index (χ0n) is 53.4. The van der Waals surface area contributed by atoms with Gasteiger partial charge in [-0.25, -0.2) is 0 Å². The Balaban J connectivity index is 3.39. The van der Waals surface area contributed by atoms with Gasteiger partial charge in [-0.3, -0.25) is 57.5 Å². The Hall–Kier alpha value is -6.52. The molecule has 0 spiro atoms. The molecule has 1 saturated heterocycles. The molecule has 0 saturated carbocycles. The molecule has 28 heteroatoms. The van der Waals surface area contributed by atoms with Gasteiger partial charge in [0.25, 0.3) is 0 Å². The fourth-order valence-corrected chi connectivity index (χ4v) is 9.49. The molecule has 28 nitrogen and oxygen atoms in total. The van der Waals surface area contributed by atoms with Crippen molar-refractivity contribution in [2.24, 2.45) is 41.2 Å². The highest BCUT2D eigenvalue weighted by molar-refractivity contribution is 6.00. The highest BCUT2D eigenvalue weighted by Crippen LogP contribution is 2.24. The molecule has 11 atom stereocenters. The molecule has 0 aliphatic carbocycles. The minimum Gasteiger partial charge on any atom is -0.394 e. The highest BCUT2D eigenvalue weighted by atomic mass is 16.3. The number of amides is 12. The third-order valence-electron chi connectivity index (χ3n) is 14.5. The smallest absolute Gasteiger partial charge is 0.248 e. The van der Waals surface area contributed by atoms with E-state index in [2.05, 4.69) is 53.2 Å². The Morgan fingerprint density at radius 2 is 0.965 bits per heavy atom. The van der Waals surface area contributed by atoms with Gasteiger partial charge in [0.2, 0.25) is 70.9 Å². The van der Waals surface area contributed by atoms with Crippen LogP contribution in [0.25, 0.3) is 0 Å². The first-order chi connectivity index (χ1) is 39.8. The Labute approximate surface area is 506 Å². The molecule has 1 rings (SSSR count). The maximum absolute atomic E-state index is 14.5. The first-order valence-electron chi connectivity index (χ1n) is 29.9. The van der Waals surface area contributed by atoms with Gasteiger partial charge in [-0.05, 0) is 88.4 Å². The van der Waals surface area contributed by atoms with Crippen LogP contribution in [0.3, 0.4) is 0 Å². The van der Waals surface area contributed by atoms with Crippen LogP contribution in [0.15, 0.2) is 0 Å². The molecule has 1 aliphatic rings. The van der Waals surface area contributed by atoms with Crippen LogP contribution in [0.1, 0.15) is 162 Å². The Morgan fingerprint density at radius 3 is 1.43 bits per heavy atom. The van der Waals surface area contributed by atoms with Crippen LogP contribution in [-0.2, 0) is 57.5 Å². The lowest BCUT2D eigenvalue weighted by Crippen LogP contribution is -2.64. The summed E-state index contributed by atoms with van der Waals surface area (Å²) in [7, 11) is 0. The minimum atomic E-state index is -1.81. The van der Waals surface area contributed by atoms with E-state index in [0.717, 1.165) is 4.90 Å². The summed E-state index contributed by atoms with van der Waals surface area (Å²) in [5.41, 5.74) is 2.14. The number of rotatable bonds is 37. The van der Waals surface area contributed by atoms with E-state index in [4.69, 9.17) is 5.73 Å². The van der Waals surface area contributed by atoms with Crippen molar-refractivity contribution in [2.45, 2.75) is 234 Å². The number of nitrogens with one attached hydrogen (secondary N) is 10. The molecule has 0 aromatic heterocycles. The molecule has 0 aromatic rings. The summed E-state index contributed by atoms with van der Waals surface area (Å²) in [6.07, 6.45) is -1.53. The maximum Gasteiger partial charge on any atom is 0.248 e. The van der Waals surface area contributed by atoms with Crippen molar-refractivity contribution in [1.29, 1.82) is 0 Å². The zero-order valence-corrected chi connectivity index (χ0v) is 53.4. The van der Waals surface area contributed by atoms with Crippen molar-refractivity contribution >= 4 is 70.9 Å². The number of aliphatic hydroxyl groups excluding tert-OH is 4. The fourth-order valence-electron chi connectivity index (χ4n) is 9.49. The van der Waals surface area contributed by atoms with E-state index in [-0.39, 0.29) is 74.6 Å². The quantitative estimate of drug-likeness (QED) is 0.0312. The number of β-amino-alcohol motifs (C(OH)–C–C–N with tert-alkyl or cyclic N) is 1. The molecule has 12 amide bonds. The molecule has 1 fully saturated rings. The number of nitrogens with two attached hydrogens (primary N) is 1. The van der Waals surface area contributed by atoms with Crippen molar-refractivity contribution in [3.05, 3.63) is 0 Å². The van der Waals surface area contributed by atoms with Gasteiger partial charge in [0.1, 0.15) is 59.4 Å². The second-order valence-corrected chi connectivity index (χ2v) is 25.7. The summed E-state index contributed by atoms with van der Waals surface area (Å²) >= 11 is 0. The van der Waals surface area contributed by atoms with E-state index in [1.54, 1.807) is 62.3 Å². The monoisotopic (exact) mass is 1220 g/mol. The fraction of sp³-hybridized carbons (Fsp3) is 0.793. The number of carbonyl (C=O) groups is 12. The third-order valence-corrected chi connectivity index (χ3v) is 14.5. The highest BCUT2D eigenvalue weighted by Gasteiger charge is 2.47. The summed E-state index contributed by atoms with van der Waals surface area (Å²) in [6.45, 7) is 24.3. The average Bonchev–Trinajstić information content (AvgIpc) is 1.81. The van der Waals surface area contributed by atoms with Gasteiger partial charge < -0.3 is 84.2 Å². The summed E-state index contributed by atoms with van der Waals surface area (Å²) in [5, 5.41) is 66.7. The molecule has 1 heterocycles. The van der Waals surface area contributed by atoms with Crippen molar-refractivity contribution in [3.8, 4) is 0 Å². The van der Waals surface area contributed by atoms with E-state index >= 15 is 0 Å². The standard InChI is InChI=1S/C58H104N12O16/c1-17-58(16,68-44(76)23-32(8)9)55(85)65-41(28-73)51(81)66-45(33(10)11)53(83)67-46(34(12)13)54(84)69-57(14,15)56(86)70-25-36(74)24-42(70)52(82)63-39(22-31(6)7)49(79)62-38(21-30(4)5)48(78)61-37(18-19-43(59)75)47(77)64-40(27-72)50(80)60-35(26-71)20-29(2)3/h29-42,45-46,71-74H,17-28H2,1-16H3,(H2,59,75)(H,60,80)(H,61,78)(H,62,79)(H,63,82)(H,64,77)(H,65,85)(H,66,81)(H,67,83)(H,68,76)(H,69,84)/t35?,36-,37-,38-,39-,40-,41-,42+,45-,46-,58+/m0/s1. The van der Waals surface area contributed by atoms with Gasteiger partial charge in [0, 0.05) is 25.8 Å². The van der Waals surface area contributed by atoms with Gasteiger partial charge in [-0.2, -0.15) is 0 Å². The molecule has 0 aromatic carbocycles. The van der Waals surface area contributed by atoms with Crippen LogP contribution in [0.4, 0.5) is 0 Å². The summed E-state index contributed by atoms with van der Waals surface area (Å²) in [6, 6.07) is -12.0. The topological polar surface area (TPSA) is 435 Å². The Kier molecular flexibility index (Phi) is 32.4. The summed E-state index contributed by atoms with van der Waals surface area (Å²) in [5.74, 6) is -11.3. The van der Waals surface area contributed by atoms with E-state index in [1.807, 2.05) is 27.7 Å². The predicted molar refractivity (Wildman–Crippen MR) is 318 cm³/mol. The van der Waals surface area contributed by atoms with Crippen LogP contribution in [-0.4, -0.2) is 194 Å². The van der Waals surface area contributed by atoms with Crippen molar-refractivity contribution in [1.82, 2.24) is 58.1 Å².